The molecule has 1 heterocycles. The van der Waals surface area contributed by atoms with Gasteiger partial charge in [-0.2, -0.15) is 13.2 Å². The first-order chi connectivity index (χ1) is 11.8. The molecule has 10 heteroatoms. The van der Waals surface area contributed by atoms with E-state index < -0.39 is 54.1 Å². The molecule has 0 aromatic carbocycles. The Morgan fingerprint density at radius 2 is 2.04 bits per heavy atom. The number of hydrogen-bond donors (Lipinski definition) is 2. The summed E-state index contributed by atoms with van der Waals surface area (Å²) in [5.74, 6) is -4.66. The topological polar surface area (TPSA) is 62.7 Å². The molecule has 0 aliphatic carbocycles. The SMILES string of the molecule is C=N/C(OCC(C)(C)C(=O)NC1CNCC1(F)F)=C(\C=C/C)C(F)(F)F. The van der Waals surface area contributed by atoms with Crippen molar-refractivity contribution in [1.82, 2.24) is 10.6 Å². The van der Waals surface area contributed by atoms with E-state index in [1.54, 1.807) is 0 Å². The van der Waals surface area contributed by atoms with Crippen LogP contribution in [0.15, 0.2) is 28.6 Å². The summed E-state index contributed by atoms with van der Waals surface area (Å²) in [7, 11) is 0. The molecule has 1 rings (SSSR count). The van der Waals surface area contributed by atoms with E-state index in [-0.39, 0.29) is 6.54 Å². The highest BCUT2D eigenvalue weighted by Crippen LogP contribution is 2.31. The second-order valence-electron chi connectivity index (χ2n) is 6.47. The summed E-state index contributed by atoms with van der Waals surface area (Å²) in [6.45, 7) is 6.01. The molecule has 2 N–H and O–H groups in total. The van der Waals surface area contributed by atoms with Gasteiger partial charge in [0.25, 0.3) is 5.92 Å². The standard InChI is InChI=1S/C16H22F5N3O2/c1-5-6-10(16(19,20)21)12(22-4)26-9-14(2,3)13(25)24-11-7-23-8-15(11,17)18/h5-6,11,23H,4,7-9H2,1-3H3,(H,24,25)/b6-5-,12-10-. The minimum absolute atomic E-state index is 0.103. The van der Waals surface area contributed by atoms with Crippen LogP contribution in [0, 0.1) is 5.41 Å². The monoisotopic (exact) mass is 383 g/mol. The minimum atomic E-state index is -4.73. The molecule has 1 atom stereocenters. The van der Waals surface area contributed by atoms with Crippen LogP contribution < -0.4 is 10.6 Å². The predicted octanol–water partition coefficient (Wildman–Crippen LogP) is 2.80. The zero-order valence-corrected chi connectivity index (χ0v) is 14.7. The van der Waals surface area contributed by atoms with Gasteiger partial charge in [0.2, 0.25) is 11.8 Å². The van der Waals surface area contributed by atoms with Crippen LogP contribution in [-0.2, 0) is 9.53 Å². The predicted molar refractivity (Wildman–Crippen MR) is 86.9 cm³/mol. The van der Waals surface area contributed by atoms with Crippen LogP contribution >= 0.6 is 0 Å². The smallest absolute Gasteiger partial charge is 0.421 e. The Morgan fingerprint density at radius 1 is 1.42 bits per heavy atom. The zero-order valence-electron chi connectivity index (χ0n) is 14.7. The first kappa shape index (κ1) is 22.1. The van der Waals surface area contributed by atoms with Crippen molar-refractivity contribution in [2.45, 2.75) is 38.9 Å². The lowest BCUT2D eigenvalue weighted by Crippen LogP contribution is -2.51. The van der Waals surface area contributed by atoms with E-state index in [0.29, 0.717) is 0 Å². The van der Waals surface area contributed by atoms with Gasteiger partial charge in [-0.3, -0.25) is 4.79 Å². The molecule has 1 aliphatic rings. The Balaban J connectivity index is 2.87. The molecule has 1 unspecified atom stereocenters. The molecule has 0 radical (unpaired) electrons. The fourth-order valence-electron chi connectivity index (χ4n) is 2.14. The third-order valence-electron chi connectivity index (χ3n) is 3.72. The summed E-state index contributed by atoms with van der Waals surface area (Å²) >= 11 is 0. The quantitative estimate of drug-likeness (QED) is 0.308. The van der Waals surface area contributed by atoms with Crippen LogP contribution in [0.25, 0.3) is 0 Å². The molecule has 0 saturated carbocycles. The van der Waals surface area contributed by atoms with E-state index in [1.165, 1.54) is 20.8 Å². The molecule has 1 fully saturated rings. The fourth-order valence-corrected chi connectivity index (χ4v) is 2.14. The average Bonchev–Trinajstić information content (AvgIpc) is 2.84. The largest absolute Gasteiger partial charge is 0.476 e. The van der Waals surface area contributed by atoms with Crippen molar-refractivity contribution in [3.8, 4) is 0 Å². The third-order valence-corrected chi connectivity index (χ3v) is 3.72. The maximum absolute atomic E-state index is 13.6. The van der Waals surface area contributed by atoms with Gasteiger partial charge in [-0.25, -0.2) is 13.8 Å². The van der Waals surface area contributed by atoms with Gasteiger partial charge < -0.3 is 15.4 Å². The molecule has 0 aromatic heterocycles. The molecule has 5 nitrogen and oxygen atoms in total. The lowest BCUT2D eigenvalue weighted by atomic mass is 9.93. The Bertz CT molecular complexity index is 597. The van der Waals surface area contributed by atoms with Gasteiger partial charge in [0, 0.05) is 6.54 Å². The fraction of sp³-hybridized carbons (Fsp3) is 0.625. The highest BCUT2D eigenvalue weighted by molar-refractivity contribution is 5.82. The number of rotatable bonds is 7. The van der Waals surface area contributed by atoms with Crippen molar-refractivity contribution in [1.29, 1.82) is 0 Å². The molecule has 0 aromatic rings. The Morgan fingerprint density at radius 3 is 2.46 bits per heavy atom. The lowest BCUT2D eigenvalue weighted by molar-refractivity contribution is -0.135. The number of carbonyl (C=O) groups excluding carboxylic acids is 1. The number of amides is 1. The van der Waals surface area contributed by atoms with E-state index in [4.69, 9.17) is 4.74 Å². The molecule has 26 heavy (non-hydrogen) atoms. The normalized spacial score (nSPS) is 21.5. The molecular formula is C16H22F5N3O2. The number of allylic oxidation sites excluding steroid dienone is 3. The van der Waals surface area contributed by atoms with Crippen LogP contribution in [0.4, 0.5) is 22.0 Å². The van der Waals surface area contributed by atoms with Crippen molar-refractivity contribution >= 4 is 12.6 Å². The van der Waals surface area contributed by atoms with Gasteiger partial charge in [0.1, 0.15) is 18.2 Å². The average molecular weight is 383 g/mol. The number of ether oxygens (including phenoxy) is 1. The Labute approximate surface area is 148 Å². The highest BCUT2D eigenvalue weighted by atomic mass is 19.4. The van der Waals surface area contributed by atoms with Gasteiger partial charge in [-0.15, -0.1) is 0 Å². The maximum Gasteiger partial charge on any atom is 0.421 e. The molecule has 1 amide bonds. The van der Waals surface area contributed by atoms with Crippen molar-refractivity contribution in [2.24, 2.45) is 10.4 Å². The van der Waals surface area contributed by atoms with Gasteiger partial charge >= 0.3 is 6.18 Å². The summed E-state index contributed by atoms with van der Waals surface area (Å²) in [6, 6.07) is -1.39. The Hall–Kier alpha value is -1.97. The van der Waals surface area contributed by atoms with Crippen molar-refractivity contribution in [2.75, 3.05) is 19.7 Å². The molecular weight excluding hydrogens is 361 g/mol. The second-order valence-corrected chi connectivity index (χ2v) is 6.47. The van der Waals surface area contributed by atoms with Crippen LogP contribution in [0.2, 0.25) is 0 Å². The maximum atomic E-state index is 13.6. The summed E-state index contributed by atoms with van der Waals surface area (Å²) < 4.78 is 71.3. The zero-order chi connectivity index (χ0) is 20.2. The number of alkyl halides is 5. The van der Waals surface area contributed by atoms with Crippen LogP contribution in [0.1, 0.15) is 20.8 Å². The van der Waals surface area contributed by atoms with Crippen molar-refractivity contribution in [3.63, 3.8) is 0 Å². The first-order valence-electron chi connectivity index (χ1n) is 7.78. The first-order valence-corrected chi connectivity index (χ1v) is 7.78. The van der Waals surface area contributed by atoms with E-state index in [9.17, 15) is 26.7 Å². The molecule has 0 spiro atoms. The van der Waals surface area contributed by atoms with Gasteiger partial charge in [0.05, 0.1) is 12.0 Å². The summed E-state index contributed by atoms with van der Waals surface area (Å²) in [6.07, 6.45) is -2.81. The van der Waals surface area contributed by atoms with E-state index in [0.717, 1.165) is 12.2 Å². The number of nitrogens with one attached hydrogen (secondary N) is 2. The van der Waals surface area contributed by atoms with Gasteiger partial charge in [0.15, 0.2) is 0 Å². The van der Waals surface area contributed by atoms with Gasteiger partial charge in [-0.05, 0) is 33.6 Å². The van der Waals surface area contributed by atoms with Crippen molar-refractivity contribution in [3.05, 3.63) is 23.6 Å². The molecule has 1 saturated heterocycles. The number of aliphatic imine (C=N–C) groups is 1. The molecule has 1 aliphatic heterocycles. The van der Waals surface area contributed by atoms with Crippen LogP contribution in [0.5, 0.6) is 0 Å². The number of halogens is 5. The number of carbonyl (C=O) groups is 1. The van der Waals surface area contributed by atoms with Crippen LogP contribution in [0.3, 0.4) is 0 Å². The third kappa shape index (κ3) is 5.52. The summed E-state index contributed by atoms with van der Waals surface area (Å²) in [4.78, 5) is 15.5. The summed E-state index contributed by atoms with van der Waals surface area (Å²) in [5, 5.41) is 4.67. The minimum Gasteiger partial charge on any atom is -0.476 e. The number of hydrogen-bond acceptors (Lipinski definition) is 4. The second kappa shape index (κ2) is 8.15. The van der Waals surface area contributed by atoms with E-state index in [1.807, 2.05) is 0 Å². The van der Waals surface area contributed by atoms with Crippen molar-refractivity contribution < 1.29 is 31.5 Å². The lowest BCUT2D eigenvalue weighted by Gasteiger charge is -2.28. The van der Waals surface area contributed by atoms with Gasteiger partial charge in [-0.1, -0.05) is 6.08 Å². The van der Waals surface area contributed by atoms with Crippen LogP contribution in [-0.4, -0.2) is 50.5 Å². The molecule has 0 bridgehead atoms. The summed E-state index contributed by atoms with van der Waals surface area (Å²) in [5.41, 5.74) is -2.53. The highest BCUT2D eigenvalue weighted by Gasteiger charge is 2.46. The number of nitrogens with zero attached hydrogens (tertiary/aromatic N) is 1. The molecule has 148 valence electrons. The van der Waals surface area contributed by atoms with E-state index in [2.05, 4.69) is 22.3 Å². The van der Waals surface area contributed by atoms with E-state index >= 15 is 0 Å². The Kier molecular flexibility index (Phi) is 6.92.